The number of benzene rings is 2. The first-order valence-corrected chi connectivity index (χ1v) is 7.98. The maximum Gasteiger partial charge on any atom is 0.335 e. The minimum Gasteiger partial charge on any atom is -0.481 e. The third-order valence-electron chi connectivity index (χ3n) is 4.07. The van der Waals surface area contributed by atoms with Gasteiger partial charge < -0.3 is 14.8 Å². The van der Waals surface area contributed by atoms with Crippen LogP contribution in [0, 0.1) is 5.82 Å². The van der Waals surface area contributed by atoms with Crippen LogP contribution in [0.2, 0.25) is 0 Å². The van der Waals surface area contributed by atoms with Gasteiger partial charge in [0.25, 0.3) is 0 Å². The number of rotatable bonds is 6. The lowest BCUT2D eigenvalue weighted by Gasteiger charge is -2.14. The van der Waals surface area contributed by atoms with Gasteiger partial charge in [-0.25, -0.2) is 9.18 Å². The Bertz CT molecular complexity index is 943. The van der Waals surface area contributed by atoms with Crippen LogP contribution in [0.4, 0.5) is 4.39 Å². The van der Waals surface area contributed by atoms with Crippen molar-refractivity contribution < 1.29 is 24.2 Å². The third-order valence-corrected chi connectivity index (χ3v) is 4.07. The van der Waals surface area contributed by atoms with E-state index < -0.39 is 11.9 Å². The average Bonchev–Trinajstić information content (AvgIpc) is 3.04. The van der Waals surface area contributed by atoms with Crippen molar-refractivity contribution in [3.05, 3.63) is 77.7 Å². The molecule has 0 fully saturated rings. The van der Waals surface area contributed by atoms with Crippen molar-refractivity contribution >= 4 is 11.9 Å². The summed E-state index contributed by atoms with van der Waals surface area (Å²) in [5.74, 6) is -2.26. The Balaban J connectivity index is 2.09. The number of halogens is 1. The lowest BCUT2D eigenvalue weighted by Crippen LogP contribution is -2.06. The molecular weight excluding hydrogens is 337 g/mol. The van der Waals surface area contributed by atoms with E-state index in [-0.39, 0.29) is 17.8 Å². The average molecular weight is 353 g/mol. The summed E-state index contributed by atoms with van der Waals surface area (Å²) in [6, 6.07) is 16.0. The van der Waals surface area contributed by atoms with E-state index >= 15 is 0 Å². The molecule has 132 valence electrons. The van der Waals surface area contributed by atoms with E-state index in [1.165, 1.54) is 24.3 Å². The molecule has 6 heteroatoms. The van der Waals surface area contributed by atoms with Gasteiger partial charge in [0, 0.05) is 11.4 Å². The highest BCUT2D eigenvalue weighted by Gasteiger charge is 2.14. The first kappa shape index (κ1) is 17.4. The Hall–Kier alpha value is -3.41. The molecule has 0 saturated carbocycles. The highest BCUT2D eigenvalue weighted by Crippen LogP contribution is 2.28. The number of aromatic nitrogens is 1. The Morgan fingerprint density at radius 1 is 0.885 bits per heavy atom. The molecule has 0 aliphatic rings. The van der Waals surface area contributed by atoms with Crippen LogP contribution in [-0.4, -0.2) is 26.7 Å². The molecule has 1 aromatic heterocycles. The standard InChI is InChI=1S/C20H16FNO4/c21-15-5-1-13(2-6-15)18-11-9-17(10-12-19(23)24)22(18)16-7-3-14(4-8-16)20(25)26/h1-9,11H,10,12H2,(H,23,24)(H,25,26). The van der Waals surface area contributed by atoms with Gasteiger partial charge in [0.1, 0.15) is 5.82 Å². The molecule has 0 saturated heterocycles. The largest absolute Gasteiger partial charge is 0.481 e. The monoisotopic (exact) mass is 353 g/mol. The summed E-state index contributed by atoms with van der Waals surface area (Å²) in [4.78, 5) is 22.0. The van der Waals surface area contributed by atoms with Crippen molar-refractivity contribution in [2.45, 2.75) is 12.8 Å². The maximum absolute atomic E-state index is 13.2. The van der Waals surface area contributed by atoms with E-state index in [0.717, 1.165) is 17.0 Å². The van der Waals surface area contributed by atoms with Gasteiger partial charge in [-0.1, -0.05) is 0 Å². The Kier molecular flexibility index (Phi) is 4.84. The van der Waals surface area contributed by atoms with Crippen molar-refractivity contribution in [3.63, 3.8) is 0 Å². The fourth-order valence-electron chi connectivity index (χ4n) is 2.81. The normalized spacial score (nSPS) is 10.7. The summed E-state index contributed by atoms with van der Waals surface area (Å²) >= 11 is 0. The Labute approximate surface area is 149 Å². The summed E-state index contributed by atoms with van der Waals surface area (Å²) in [5, 5.41) is 18.0. The SMILES string of the molecule is O=C(O)CCc1ccc(-c2ccc(F)cc2)n1-c1ccc(C(=O)O)cc1. The Morgan fingerprint density at radius 3 is 2.12 bits per heavy atom. The van der Waals surface area contributed by atoms with Crippen LogP contribution in [0.15, 0.2) is 60.7 Å². The minimum absolute atomic E-state index is 0.0277. The number of hydrogen-bond donors (Lipinski definition) is 2. The van der Waals surface area contributed by atoms with Crippen molar-refractivity contribution in [3.8, 4) is 16.9 Å². The van der Waals surface area contributed by atoms with E-state index in [1.807, 2.05) is 16.7 Å². The number of hydrogen-bond acceptors (Lipinski definition) is 2. The first-order chi connectivity index (χ1) is 12.5. The van der Waals surface area contributed by atoms with Crippen LogP contribution >= 0.6 is 0 Å². The van der Waals surface area contributed by atoms with Crippen LogP contribution in [0.1, 0.15) is 22.5 Å². The number of nitrogens with zero attached hydrogens (tertiary/aromatic N) is 1. The molecule has 0 aliphatic carbocycles. The van der Waals surface area contributed by atoms with E-state index in [4.69, 9.17) is 10.2 Å². The van der Waals surface area contributed by atoms with E-state index in [9.17, 15) is 14.0 Å². The highest BCUT2D eigenvalue weighted by molar-refractivity contribution is 5.87. The fraction of sp³-hybridized carbons (Fsp3) is 0.100. The van der Waals surface area contributed by atoms with Crippen molar-refractivity contribution in [1.82, 2.24) is 4.57 Å². The summed E-state index contributed by atoms with van der Waals surface area (Å²) in [5.41, 5.74) is 3.19. The van der Waals surface area contributed by atoms with Crippen molar-refractivity contribution in [1.29, 1.82) is 0 Å². The van der Waals surface area contributed by atoms with Gasteiger partial charge in [0.2, 0.25) is 0 Å². The molecule has 5 nitrogen and oxygen atoms in total. The van der Waals surface area contributed by atoms with Gasteiger partial charge in [0.15, 0.2) is 0 Å². The van der Waals surface area contributed by atoms with Gasteiger partial charge in [-0.3, -0.25) is 4.79 Å². The van der Waals surface area contributed by atoms with Gasteiger partial charge >= 0.3 is 11.9 Å². The fourth-order valence-corrected chi connectivity index (χ4v) is 2.81. The second-order valence-corrected chi connectivity index (χ2v) is 5.80. The van der Waals surface area contributed by atoms with Crippen LogP contribution in [-0.2, 0) is 11.2 Å². The van der Waals surface area contributed by atoms with E-state index in [0.29, 0.717) is 12.1 Å². The Morgan fingerprint density at radius 2 is 1.54 bits per heavy atom. The first-order valence-electron chi connectivity index (χ1n) is 7.98. The summed E-state index contributed by atoms with van der Waals surface area (Å²) in [7, 11) is 0. The summed E-state index contributed by atoms with van der Waals surface area (Å²) in [6.45, 7) is 0. The lowest BCUT2D eigenvalue weighted by atomic mass is 10.1. The molecule has 0 unspecified atom stereocenters. The number of aliphatic carboxylic acids is 1. The lowest BCUT2D eigenvalue weighted by molar-refractivity contribution is -0.136. The zero-order valence-corrected chi connectivity index (χ0v) is 13.7. The third kappa shape index (κ3) is 3.64. The minimum atomic E-state index is -1.02. The molecule has 0 amide bonds. The quantitative estimate of drug-likeness (QED) is 0.702. The number of aryl methyl sites for hydroxylation is 1. The summed E-state index contributed by atoms with van der Waals surface area (Å²) in [6.07, 6.45) is 0.289. The summed E-state index contributed by atoms with van der Waals surface area (Å²) < 4.78 is 15.1. The van der Waals surface area contributed by atoms with Crippen molar-refractivity contribution in [2.75, 3.05) is 0 Å². The molecule has 2 N–H and O–H groups in total. The molecule has 0 bridgehead atoms. The molecule has 2 aromatic carbocycles. The molecular formula is C20H16FNO4. The van der Waals surface area contributed by atoms with Crippen LogP contribution in [0.3, 0.4) is 0 Å². The number of aromatic carboxylic acids is 1. The molecule has 0 radical (unpaired) electrons. The predicted octanol–water partition coefficient (Wildman–Crippen LogP) is 4.00. The second-order valence-electron chi connectivity index (χ2n) is 5.80. The second kappa shape index (κ2) is 7.23. The van der Waals surface area contributed by atoms with Crippen LogP contribution < -0.4 is 0 Å². The van der Waals surface area contributed by atoms with E-state index in [2.05, 4.69) is 0 Å². The molecule has 3 rings (SSSR count). The molecule has 0 aliphatic heterocycles. The smallest absolute Gasteiger partial charge is 0.335 e. The molecule has 0 atom stereocenters. The topological polar surface area (TPSA) is 79.5 Å². The molecule has 1 heterocycles. The predicted molar refractivity (Wildman–Crippen MR) is 94.1 cm³/mol. The van der Waals surface area contributed by atoms with E-state index in [1.54, 1.807) is 24.3 Å². The number of carboxylic acid groups (broad SMARTS) is 2. The zero-order valence-electron chi connectivity index (χ0n) is 13.7. The van der Waals surface area contributed by atoms with Gasteiger partial charge in [-0.15, -0.1) is 0 Å². The van der Waals surface area contributed by atoms with Gasteiger partial charge in [0.05, 0.1) is 17.7 Å². The maximum atomic E-state index is 13.2. The van der Waals surface area contributed by atoms with Gasteiger partial charge in [-0.05, 0) is 72.6 Å². The molecule has 0 spiro atoms. The van der Waals surface area contributed by atoms with Crippen LogP contribution in [0.25, 0.3) is 16.9 Å². The zero-order chi connectivity index (χ0) is 18.7. The molecule has 3 aromatic rings. The molecule has 26 heavy (non-hydrogen) atoms. The van der Waals surface area contributed by atoms with Crippen molar-refractivity contribution in [2.24, 2.45) is 0 Å². The van der Waals surface area contributed by atoms with Gasteiger partial charge in [-0.2, -0.15) is 0 Å². The number of carboxylic acids is 2. The number of carbonyl (C=O) groups is 2. The van der Waals surface area contributed by atoms with Crippen LogP contribution in [0.5, 0.6) is 0 Å². The highest BCUT2D eigenvalue weighted by atomic mass is 19.1.